The second kappa shape index (κ2) is 10.1. The minimum absolute atomic E-state index is 0.0383. The van der Waals surface area contributed by atoms with Crippen LogP contribution in [-0.4, -0.2) is 39.1 Å². The topological polar surface area (TPSA) is 73.4 Å². The first-order valence-electron chi connectivity index (χ1n) is 10.9. The molecular formula is C25H24N4O3S. The first-order valence-corrected chi connectivity index (χ1v) is 11.9. The third kappa shape index (κ3) is 4.86. The molecule has 4 aromatic rings. The zero-order valence-electron chi connectivity index (χ0n) is 18.0. The minimum Gasteiger partial charge on any atom is -0.461 e. The molecule has 1 amide bonds. The Morgan fingerprint density at radius 1 is 1.00 bits per heavy atom. The molecule has 0 N–H and O–H groups in total. The number of thioether (sulfide) groups is 1. The van der Waals surface area contributed by atoms with Crippen LogP contribution in [0.5, 0.6) is 0 Å². The van der Waals surface area contributed by atoms with E-state index in [9.17, 15) is 4.79 Å². The van der Waals surface area contributed by atoms with Crippen LogP contribution in [0.4, 0.5) is 11.4 Å². The van der Waals surface area contributed by atoms with Gasteiger partial charge in [0.1, 0.15) is 0 Å². The number of ether oxygens (including phenoxy) is 1. The molecule has 0 bridgehead atoms. The summed E-state index contributed by atoms with van der Waals surface area (Å²) >= 11 is 1.38. The summed E-state index contributed by atoms with van der Waals surface area (Å²) in [6.45, 7) is 1.40. The third-order valence-electron chi connectivity index (χ3n) is 5.47. The number of anilines is 2. The number of hydrogen-bond donors (Lipinski definition) is 0. The zero-order chi connectivity index (χ0) is 22.5. The fourth-order valence-corrected chi connectivity index (χ4v) is 4.72. The van der Waals surface area contributed by atoms with Gasteiger partial charge in [-0.2, -0.15) is 0 Å². The lowest BCUT2D eigenvalue weighted by Crippen LogP contribution is -2.27. The summed E-state index contributed by atoms with van der Waals surface area (Å²) in [5.41, 5.74) is 1.65. The normalized spacial score (nSPS) is 15.6. The summed E-state index contributed by atoms with van der Waals surface area (Å²) in [4.78, 5) is 15.2. The maximum atomic E-state index is 13.4. The molecule has 3 heterocycles. The average Bonchev–Trinajstić information content (AvgIpc) is 3.63. The average molecular weight is 461 g/mol. The van der Waals surface area contributed by atoms with E-state index in [0.29, 0.717) is 23.3 Å². The van der Waals surface area contributed by atoms with Crippen molar-refractivity contribution in [3.05, 3.63) is 79.1 Å². The lowest BCUT2D eigenvalue weighted by Gasteiger charge is -2.23. The maximum Gasteiger partial charge on any atom is 0.242 e. The zero-order valence-corrected chi connectivity index (χ0v) is 18.9. The van der Waals surface area contributed by atoms with Gasteiger partial charge < -0.3 is 9.15 Å². The Morgan fingerprint density at radius 2 is 1.73 bits per heavy atom. The number of benzene rings is 2. The summed E-state index contributed by atoms with van der Waals surface area (Å²) in [6.07, 6.45) is 3.77. The standard InChI is InChI=1S/C25H24N4O3S/c30-23(29(19-9-3-1-4-10-19)20-11-5-2-6-12-20)18-33-25-27-26-24(22-14-8-16-32-22)28(25)17-21-13-7-15-31-21/h1-6,8-12,14,16,21H,7,13,15,17-18H2/t21-/m1/s1. The largest absolute Gasteiger partial charge is 0.461 e. The number of amides is 1. The summed E-state index contributed by atoms with van der Waals surface area (Å²) < 4.78 is 13.4. The van der Waals surface area contributed by atoms with Gasteiger partial charge in [-0.25, -0.2) is 0 Å². The summed E-state index contributed by atoms with van der Waals surface area (Å²) in [5.74, 6) is 1.47. The van der Waals surface area contributed by atoms with Crippen LogP contribution in [0, 0.1) is 0 Å². The van der Waals surface area contributed by atoms with Gasteiger partial charge in [-0.3, -0.25) is 14.3 Å². The highest BCUT2D eigenvalue weighted by molar-refractivity contribution is 7.99. The van der Waals surface area contributed by atoms with E-state index in [-0.39, 0.29) is 17.8 Å². The van der Waals surface area contributed by atoms with Crippen molar-refractivity contribution in [1.29, 1.82) is 0 Å². The first kappa shape index (κ1) is 21.5. The molecule has 168 valence electrons. The number of furan rings is 1. The van der Waals surface area contributed by atoms with Crippen molar-refractivity contribution in [2.75, 3.05) is 17.3 Å². The second-order valence-electron chi connectivity index (χ2n) is 7.72. The van der Waals surface area contributed by atoms with E-state index in [2.05, 4.69) is 10.2 Å². The molecule has 0 aliphatic carbocycles. The summed E-state index contributed by atoms with van der Waals surface area (Å²) in [6, 6.07) is 23.0. The van der Waals surface area contributed by atoms with Crippen LogP contribution in [0.25, 0.3) is 11.6 Å². The third-order valence-corrected chi connectivity index (χ3v) is 6.42. The van der Waals surface area contributed by atoms with Crippen molar-refractivity contribution in [3.63, 3.8) is 0 Å². The van der Waals surface area contributed by atoms with Crippen LogP contribution < -0.4 is 4.90 Å². The highest BCUT2D eigenvalue weighted by Crippen LogP contribution is 2.30. The van der Waals surface area contributed by atoms with E-state index >= 15 is 0 Å². The fraction of sp³-hybridized carbons (Fsp3) is 0.240. The minimum atomic E-state index is -0.0383. The van der Waals surface area contributed by atoms with Gasteiger partial charge in [0.2, 0.25) is 11.7 Å². The summed E-state index contributed by atoms with van der Waals surface area (Å²) in [5, 5.41) is 9.41. The number of rotatable bonds is 8. The number of aromatic nitrogens is 3. The van der Waals surface area contributed by atoms with E-state index in [4.69, 9.17) is 9.15 Å². The Labute approximate surface area is 196 Å². The van der Waals surface area contributed by atoms with Gasteiger partial charge in [0.15, 0.2) is 10.9 Å². The van der Waals surface area contributed by atoms with Gasteiger partial charge in [0, 0.05) is 18.0 Å². The molecule has 8 heteroatoms. The number of carbonyl (C=O) groups is 1. The van der Waals surface area contributed by atoms with Crippen molar-refractivity contribution in [3.8, 4) is 11.6 Å². The Balaban J connectivity index is 1.39. The smallest absolute Gasteiger partial charge is 0.242 e. The number of carbonyl (C=O) groups excluding carboxylic acids is 1. The first-order chi connectivity index (χ1) is 16.3. The van der Waals surface area contributed by atoms with Crippen molar-refractivity contribution in [1.82, 2.24) is 14.8 Å². The molecule has 0 saturated carbocycles. The van der Waals surface area contributed by atoms with E-state index in [0.717, 1.165) is 30.8 Å². The highest BCUT2D eigenvalue weighted by atomic mass is 32.2. The van der Waals surface area contributed by atoms with Gasteiger partial charge in [-0.1, -0.05) is 48.2 Å². The molecule has 0 spiro atoms. The van der Waals surface area contributed by atoms with E-state index in [1.54, 1.807) is 11.2 Å². The van der Waals surface area contributed by atoms with Crippen LogP contribution in [0.2, 0.25) is 0 Å². The number of hydrogen-bond acceptors (Lipinski definition) is 6. The van der Waals surface area contributed by atoms with Crippen LogP contribution in [0.15, 0.2) is 88.6 Å². The molecule has 2 aromatic carbocycles. The molecule has 7 nitrogen and oxygen atoms in total. The Kier molecular flexibility index (Phi) is 6.55. The maximum absolute atomic E-state index is 13.4. The van der Waals surface area contributed by atoms with Gasteiger partial charge in [0.05, 0.1) is 24.7 Å². The van der Waals surface area contributed by atoms with E-state index in [1.807, 2.05) is 77.4 Å². The predicted octanol–water partition coefficient (Wildman–Crippen LogP) is 5.17. The van der Waals surface area contributed by atoms with E-state index in [1.165, 1.54) is 11.8 Å². The molecule has 0 unspecified atom stereocenters. The number of nitrogens with zero attached hydrogens (tertiary/aromatic N) is 4. The molecular weight excluding hydrogens is 436 g/mol. The van der Waals surface area contributed by atoms with Crippen LogP contribution in [0.1, 0.15) is 12.8 Å². The van der Waals surface area contributed by atoms with Crippen molar-refractivity contribution >= 4 is 29.0 Å². The van der Waals surface area contributed by atoms with Crippen LogP contribution >= 0.6 is 11.8 Å². The molecule has 1 atom stereocenters. The number of para-hydroxylation sites is 2. The SMILES string of the molecule is O=C(CSc1nnc(-c2ccco2)n1C[C@H]1CCCO1)N(c1ccccc1)c1ccccc1. The highest BCUT2D eigenvalue weighted by Gasteiger charge is 2.24. The molecule has 1 aliphatic rings. The van der Waals surface area contributed by atoms with Gasteiger partial charge in [-0.15, -0.1) is 10.2 Å². The fourth-order valence-electron chi connectivity index (χ4n) is 3.92. The van der Waals surface area contributed by atoms with Gasteiger partial charge in [-0.05, 0) is 49.2 Å². The molecule has 1 fully saturated rings. The molecule has 1 saturated heterocycles. The van der Waals surface area contributed by atoms with Gasteiger partial charge >= 0.3 is 0 Å². The quantitative estimate of drug-likeness (QED) is 0.338. The molecule has 2 aromatic heterocycles. The lowest BCUT2D eigenvalue weighted by atomic mass is 10.2. The molecule has 1 aliphatic heterocycles. The summed E-state index contributed by atoms with van der Waals surface area (Å²) in [7, 11) is 0. The monoisotopic (exact) mass is 460 g/mol. The van der Waals surface area contributed by atoms with Crippen LogP contribution in [-0.2, 0) is 16.1 Å². The molecule has 5 rings (SSSR count). The van der Waals surface area contributed by atoms with Gasteiger partial charge in [0.25, 0.3) is 0 Å². The Morgan fingerprint density at radius 3 is 2.33 bits per heavy atom. The van der Waals surface area contributed by atoms with Crippen molar-refractivity contribution in [2.45, 2.75) is 30.6 Å². The predicted molar refractivity (Wildman–Crippen MR) is 127 cm³/mol. The molecule has 0 radical (unpaired) electrons. The van der Waals surface area contributed by atoms with Crippen molar-refractivity contribution < 1.29 is 13.9 Å². The Hall–Kier alpha value is -3.36. The van der Waals surface area contributed by atoms with Crippen molar-refractivity contribution in [2.24, 2.45) is 0 Å². The molecule has 33 heavy (non-hydrogen) atoms. The Bertz CT molecular complexity index is 1130. The second-order valence-corrected chi connectivity index (χ2v) is 8.66. The van der Waals surface area contributed by atoms with Crippen LogP contribution in [0.3, 0.4) is 0 Å². The van der Waals surface area contributed by atoms with E-state index < -0.39 is 0 Å². The lowest BCUT2D eigenvalue weighted by molar-refractivity contribution is -0.115.